The van der Waals surface area contributed by atoms with Gasteiger partial charge in [0.05, 0.1) is 12.7 Å². The Kier molecular flexibility index (Phi) is 5.58. The SMILES string of the molecule is COc1c(-c2ccc(C(F)(F)F)cc2)cc(C(C)C)c(F)c1CBr. The molecule has 0 unspecified atom stereocenters. The highest BCUT2D eigenvalue weighted by Crippen LogP contribution is 2.40. The molecule has 0 radical (unpaired) electrons. The summed E-state index contributed by atoms with van der Waals surface area (Å²) in [4.78, 5) is 0. The summed E-state index contributed by atoms with van der Waals surface area (Å²) in [5.41, 5.74) is 1.26. The van der Waals surface area contributed by atoms with Crippen molar-refractivity contribution >= 4 is 15.9 Å². The van der Waals surface area contributed by atoms with E-state index in [0.717, 1.165) is 12.1 Å². The highest BCUT2D eigenvalue weighted by molar-refractivity contribution is 9.08. The predicted molar refractivity (Wildman–Crippen MR) is 90.1 cm³/mol. The monoisotopic (exact) mass is 404 g/mol. The van der Waals surface area contributed by atoms with Gasteiger partial charge in [0.15, 0.2) is 0 Å². The van der Waals surface area contributed by atoms with Gasteiger partial charge >= 0.3 is 6.18 Å². The summed E-state index contributed by atoms with van der Waals surface area (Å²) in [6.07, 6.45) is -4.39. The van der Waals surface area contributed by atoms with Crippen LogP contribution in [0.3, 0.4) is 0 Å². The molecule has 0 N–H and O–H groups in total. The van der Waals surface area contributed by atoms with E-state index in [1.807, 2.05) is 13.8 Å². The van der Waals surface area contributed by atoms with Crippen molar-refractivity contribution in [1.29, 1.82) is 0 Å². The fraction of sp³-hybridized carbons (Fsp3) is 0.333. The van der Waals surface area contributed by atoms with Crippen LogP contribution in [-0.2, 0) is 11.5 Å². The number of halogens is 5. The normalized spacial score (nSPS) is 11.9. The Labute approximate surface area is 146 Å². The minimum Gasteiger partial charge on any atom is -0.496 e. The number of alkyl halides is 4. The smallest absolute Gasteiger partial charge is 0.416 e. The Bertz CT molecular complexity index is 721. The minimum absolute atomic E-state index is 0.0677. The molecule has 0 aromatic heterocycles. The van der Waals surface area contributed by atoms with E-state index in [0.29, 0.717) is 28.0 Å². The predicted octanol–water partition coefficient (Wildman–Crippen LogP) is 6.54. The van der Waals surface area contributed by atoms with Crippen molar-refractivity contribution < 1.29 is 22.3 Å². The lowest BCUT2D eigenvalue weighted by molar-refractivity contribution is -0.137. The van der Waals surface area contributed by atoms with Crippen molar-refractivity contribution in [3.8, 4) is 16.9 Å². The third-order valence-corrected chi connectivity index (χ3v) is 4.38. The van der Waals surface area contributed by atoms with E-state index in [2.05, 4.69) is 15.9 Å². The van der Waals surface area contributed by atoms with Crippen LogP contribution >= 0.6 is 15.9 Å². The Balaban J connectivity index is 2.66. The molecule has 0 spiro atoms. The second kappa shape index (κ2) is 7.13. The molecular formula is C18H17BrF4O. The van der Waals surface area contributed by atoms with Crippen LogP contribution in [0.4, 0.5) is 17.6 Å². The summed E-state index contributed by atoms with van der Waals surface area (Å²) < 4.78 is 58.2. The van der Waals surface area contributed by atoms with Gasteiger partial charge in [-0.1, -0.05) is 41.9 Å². The van der Waals surface area contributed by atoms with Gasteiger partial charge in [-0.15, -0.1) is 0 Å². The molecule has 0 aliphatic heterocycles. The van der Waals surface area contributed by atoms with Gasteiger partial charge in [0.1, 0.15) is 11.6 Å². The third-order valence-electron chi connectivity index (χ3n) is 3.82. The van der Waals surface area contributed by atoms with Crippen molar-refractivity contribution in [2.75, 3.05) is 7.11 Å². The van der Waals surface area contributed by atoms with E-state index in [-0.39, 0.29) is 17.1 Å². The molecule has 0 fully saturated rings. The standard InChI is InChI=1S/C18H17BrF4O/c1-10(2)13-8-14(17(24-3)15(9-19)16(13)20)11-4-6-12(7-5-11)18(21,22)23/h4-8,10H,9H2,1-3H3. The van der Waals surface area contributed by atoms with Crippen molar-refractivity contribution in [1.82, 2.24) is 0 Å². The molecule has 1 nitrogen and oxygen atoms in total. The summed E-state index contributed by atoms with van der Waals surface area (Å²) in [6, 6.07) is 6.43. The molecular weight excluding hydrogens is 388 g/mol. The molecule has 0 amide bonds. The third kappa shape index (κ3) is 3.58. The molecule has 130 valence electrons. The fourth-order valence-electron chi connectivity index (χ4n) is 2.55. The Hall–Kier alpha value is -1.56. The van der Waals surface area contributed by atoms with E-state index >= 15 is 0 Å². The Morgan fingerprint density at radius 3 is 2.12 bits per heavy atom. The molecule has 0 heterocycles. The van der Waals surface area contributed by atoms with Crippen LogP contribution in [0.2, 0.25) is 0 Å². The number of hydrogen-bond donors (Lipinski definition) is 0. The van der Waals surface area contributed by atoms with E-state index < -0.39 is 11.7 Å². The van der Waals surface area contributed by atoms with Crippen molar-refractivity contribution in [3.05, 3.63) is 52.8 Å². The number of methoxy groups -OCH3 is 1. The quantitative estimate of drug-likeness (QED) is 0.415. The maximum atomic E-state index is 14.6. The zero-order chi connectivity index (χ0) is 18.1. The Morgan fingerprint density at radius 1 is 1.12 bits per heavy atom. The van der Waals surface area contributed by atoms with Gasteiger partial charge in [0, 0.05) is 16.5 Å². The summed E-state index contributed by atoms with van der Waals surface area (Å²) >= 11 is 3.26. The maximum Gasteiger partial charge on any atom is 0.416 e. The zero-order valence-electron chi connectivity index (χ0n) is 13.5. The number of benzene rings is 2. The summed E-state index contributed by atoms with van der Waals surface area (Å²) in [7, 11) is 1.42. The molecule has 0 atom stereocenters. The number of ether oxygens (including phenoxy) is 1. The lowest BCUT2D eigenvalue weighted by atomic mass is 9.92. The van der Waals surface area contributed by atoms with Gasteiger partial charge in [0.25, 0.3) is 0 Å². The first-order valence-electron chi connectivity index (χ1n) is 7.33. The minimum atomic E-state index is -4.39. The molecule has 6 heteroatoms. The molecule has 24 heavy (non-hydrogen) atoms. The van der Waals surface area contributed by atoms with E-state index in [4.69, 9.17) is 4.74 Å². The van der Waals surface area contributed by atoms with Crippen LogP contribution in [0.25, 0.3) is 11.1 Å². The van der Waals surface area contributed by atoms with Crippen molar-refractivity contribution in [2.24, 2.45) is 0 Å². The fourth-order valence-corrected chi connectivity index (χ4v) is 3.05. The van der Waals surface area contributed by atoms with Crippen LogP contribution in [0, 0.1) is 5.82 Å². The summed E-state index contributed by atoms with van der Waals surface area (Å²) in [6.45, 7) is 3.72. The van der Waals surface area contributed by atoms with Gasteiger partial charge < -0.3 is 4.74 Å². The Morgan fingerprint density at radius 2 is 1.71 bits per heavy atom. The van der Waals surface area contributed by atoms with E-state index in [9.17, 15) is 17.6 Å². The molecule has 0 saturated carbocycles. The van der Waals surface area contributed by atoms with Gasteiger partial charge in [-0.05, 0) is 35.2 Å². The van der Waals surface area contributed by atoms with E-state index in [1.54, 1.807) is 6.07 Å². The summed E-state index contributed by atoms with van der Waals surface area (Å²) in [5, 5.41) is 0.246. The lowest BCUT2D eigenvalue weighted by Crippen LogP contribution is -2.05. The molecule has 0 aliphatic carbocycles. The van der Waals surface area contributed by atoms with Crippen LogP contribution in [0.15, 0.2) is 30.3 Å². The molecule has 0 bridgehead atoms. The molecule has 0 aliphatic rings. The van der Waals surface area contributed by atoms with Crippen LogP contribution < -0.4 is 4.74 Å². The highest BCUT2D eigenvalue weighted by atomic mass is 79.9. The molecule has 2 rings (SSSR count). The van der Waals surface area contributed by atoms with Gasteiger partial charge in [-0.3, -0.25) is 0 Å². The van der Waals surface area contributed by atoms with Gasteiger partial charge in [-0.25, -0.2) is 4.39 Å². The average Bonchev–Trinajstić information content (AvgIpc) is 2.53. The average molecular weight is 405 g/mol. The summed E-state index contributed by atoms with van der Waals surface area (Å²) in [5.74, 6) is -0.0928. The van der Waals surface area contributed by atoms with Gasteiger partial charge in [-0.2, -0.15) is 13.2 Å². The van der Waals surface area contributed by atoms with Crippen molar-refractivity contribution in [3.63, 3.8) is 0 Å². The maximum absolute atomic E-state index is 14.6. The van der Waals surface area contributed by atoms with Crippen molar-refractivity contribution in [2.45, 2.75) is 31.3 Å². The van der Waals surface area contributed by atoms with E-state index in [1.165, 1.54) is 19.2 Å². The molecule has 0 saturated heterocycles. The number of hydrogen-bond acceptors (Lipinski definition) is 1. The lowest BCUT2D eigenvalue weighted by Gasteiger charge is -2.19. The second-order valence-corrected chi connectivity index (χ2v) is 6.26. The molecule has 2 aromatic carbocycles. The first-order chi connectivity index (χ1) is 11.2. The zero-order valence-corrected chi connectivity index (χ0v) is 15.1. The van der Waals surface area contributed by atoms with Gasteiger partial charge in [0.2, 0.25) is 0 Å². The van der Waals surface area contributed by atoms with Crippen LogP contribution in [-0.4, -0.2) is 7.11 Å². The second-order valence-electron chi connectivity index (χ2n) is 5.70. The highest BCUT2D eigenvalue weighted by Gasteiger charge is 2.30. The largest absolute Gasteiger partial charge is 0.496 e. The van der Waals surface area contributed by atoms with Crippen LogP contribution in [0.1, 0.15) is 36.5 Å². The first-order valence-corrected chi connectivity index (χ1v) is 8.45. The number of rotatable bonds is 4. The topological polar surface area (TPSA) is 9.23 Å². The first kappa shape index (κ1) is 18.8. The van der Waals surface area contributed by atoms with Crippen LogP contribution in [0.5, 0.6) is 5.75 Å². The molecule has 2 aromatic rings.